The van der Waals surface area contributed by atoms with Crippen molar-refractivity contribution < 1.29 is 28.2 Å². The van der Waals surface area contributed by atoms with Crippen LogP contribution >= 0.6 is 0 Å². The molecule has 0 aliphatic heterocycles. The molecule has 1 atom stereocenters. The number of aryl methyl sites for hydroxylation is 1. The summed E-state index contributed by atoms with van der Waals surface area (Å²) in [7, 11) is 0. The number of hydrogen-bond donors (Lipinski definition) is 2. The fourth-order valence-electron chi connectivity index (χ4n) is 3.08. The van der Waals surface area contributed by atoms with Crippen molar-refractivity contribution in [2.45, 2.75) is 44.8 Å². The highest BCUT2D eigenvalue weighted by molar-refractivity contribution is 6.05. The zero-order chi connectivity index (χ0) is 16.6. The molecule has 2 aliphatic carbocycles. The number of alkyl halides is 2. The topological polar surface area (TPSA) is 75.6 Å². The first-order valence-corrected chi connectivity index (χ1v) is 7.54. The van der Waals surface area contributed by atoms with Crippen molar-refractivity contribution in [3.05, 3.63) is 29.3 Å². The molecule has 0 spiro atoms. The average molecular weight is 325 g/mol. The number of nitrogens with one attached hydrogen (secondary N) is 1. The summed E-state index contributed by atoms with van der Waals surface area (Å²) in [6, 6.07) is 4.38. The third-order valence-corrected chi connectivity index (χ3v) is 4.55. The van der Waals surface area contributed by atoms with Crippen LogP contribution in [0.1, 0.15) is 42.9 Å². The Kier molecular flexibility index (Phi) is 3.95. The quantitative estimate of drug-likeness (QED) is 0.816. The van der Waals surface area contributed by atoms with Crippen molar-refractivity contribution in [1.29, 1.82) is 0 Å². The van der Waals surface area contributed by atoms with E-state index in [1.807, 2.05) is 0 Å². The van der Waals surface area contributed by atoms with Crippen LogP contribution in [-0.2, 0) is 16.0 Å². The maximum Gasteiger partial charge on any atom is 0.387 e. The summed E-state index contributed by atoms with van der Waals surface area (Å²) >= 11 is 0. The normalized spacial score (nSPS) is 21.4. The van der Waals surface area contributed by atoms with Gasteiger partial charge in [0.05, 0.1) is 6.04 Å². The third-order valence-electron chi connectivity index (χ3n) is 4.55. The van der Waals surface area contributed by atoms with Crippen LogP contribution in [0.2, 0.25) is 0 Å². The Morgan fingerprint density at radius 2 is 2.09 bits per heavy atom. The predicted molar refractivity (Wildman–Crippen MR) is 76.2 cm³/mol. The van der Waals surface area contributed by atoms with E-state index in [2.05, 4.69) is 10.1 Å². The van der Waals surface area contributed by atoms with Crippen molar-refractivity contribution >= 4 is 11.9 Å². The van der Waals surface area contributed by atoms with Crippen molar-refractivity contribution in [2.75, 3.05) is 0 Å². The highest BCUT2D eigenvalue weighted by atomic mass is 19.3. The van der Waals surface area contributed by atoms with E-state index in [1.165, 1.54) is 6.07 Å². The Morgan fingerprint density at radius 3 is 2.70 bits per heavy atom. The number of hydrogen-bond acceptors (Lipinski definition) is 3. The molecule has 1 unspecified atom stereocenters. The van der Waals surface area contributed by atoms with E-state index >= 15 is 0 Å². The Balaban J connectivity index is 1.77. The molecule has 0 radical (unpaired) electrons. The molecule has 3 rings (SSSR count). The predicted octanol–water partition coefficient (Wildman–Crippen LogP) is 2.65. The van der Waals surface area contributed by atoms with Crippen LogP contribution in [0.4, 0.5) is 8.78 Å². The molecule has 2 aliphatic rings. The molecule has 124 valence electrons. The summed E-state index contributed by atoms with van der Waals surface area (Å²) in [5.41, 5.74) is 0.406. The average Bonchev–Trinajstić information content (AvgIpc) is 3.28. The van der Waals surface area contributed by atoms with E-state index in [1.54, 1.807) is 12.1 Å². The zero-order valence-corrected chi connectivity index (χ0v) is 12.4. The summed E-state index contributed by atoms with van der Waals surface area (Å²) in [6.45, 7) is -2.88. The van der Waals surface area contributed by atoms with E-state index in [-0.39, 0.29) is 11.8 Å². The zero-order valence-electron chi connectivity index (χ0n) is 12.4. The second kappa shape index (κ2) is 5.79. The molecule has 1 aromatic carbocycles. The maximum absolute atomic E-state index is 12.3. The fraction of sp³-hybridized carbons (Fsp3) is 0.500. The molecular formula is C16H17F2NO4. The minimum absolute atomic E-state index is 0.0925. The SMILES string of the molecule is O=C(O)C1(C(=O)NC2CCCc3cc(OC(F)F)ccc32)CC1. The smallest absolute Gasteiger partial charge is 0.387 e. The molecule has 2 N–H and O–H groups in total. The van der Waals surface area contributed by atoms with Crippen LogP contribution in [0.5, 0.6) is 5.75 Å². The van der Waals surface area contributed by atoms with Gasteiger partial charge in [-0.25, -0.2) is 0 Å². The first-order chi connectivity index (χ1) is 10.9. The van der Waals surface area contributed by atoms with Gasteiger partial charge in [-0.05, 0) is 55.4 Å². The Hall–Kier alpha value is -2.18. The first-order valence-electron chi connectivity index (χ1n) is 7.54. The lowest BCUT2D eigenvalue weighted by atomic mass is 9.87. The molecule has 0 bridgehead atoms. The molecule has 5 nitrogen and oxygen atoms in total. The second-order valence-corrected chi connectivity index (χ2v) is 6.04. The van der Waals surface area contributed by atoms with Crippen LogP contribution in [-0.4, -0.2) is 23.6 Å². The number of halogens is 2. The van der Waals surface area contributed by atoms with E-state index in [0.717, 1.165) is 17.5 Å². The van der Waals surface area contributed by atoms with Crippen LogP contribution in [0.15, 0.2) is 18.2 Å². The molecule has 23 heavy (non-hydrogen) atoms. The lowest BCUT2D eigenvalue weighted by Gasteiger charge is -2.28. The van der Waals surface area contributed by atoms with Gasteiger partial charge in [0.1, 0.15) is 11.2 Å². The number of carboxylic acids is 1. The number of carbonyl (C=O) groups is 2. The fourth-order valence-corrected chi connectivity index (χ4v) is 3.08. The van der Waals surface area contributed by atoms with Crippen LogP contribution in [0.25, 0.3) is 0 Å². The van der Waals surface area contributed by atoms with E-state index in [4.69, 9.17) is 0 Å². The standard InChI is InChI=1S/C16H17F2NO4/c17-15(18)23-10-4-5-11-9(8-10)2-1-3-12(11)19-13(20)16(6-7-16)14(21)22/h4-5,8,12,15H,1-3,6-7H2,(H,19,20)(H,21,22). The van der Waals surface area contributed by atoms with Crippen molar-refractivity contribution in [3.8, 4) is 5.75 Å². The Labute approximate surface area is 131 Å². The largest absolute Gasteiger partial charge is 0.480 e. The molecule has 7 heteroatoms. The maximum atomic E-state index is 12.3. The molecule has 0 saturated heterocycles. The number of ether oxygens (including phenoxy) is 1. The van der Waals surface area contributed by atoms with Crippen molar-refractivity contribution in [2.24, 2.45) is 5.41 Å². The Bertz CT molecular complexity index is 643. The number of fused-ring (bicyclic) bond motifs is 1. The Morgan fingerprint density at radius 1 is 1.35 bits per heavy atom. The lowest BCUT2D eigenvalue weighted by Crippen LogP contribution is -2.40. The molecule has 0 heterocycles. The van der Waals surface area contributed by atoms with Gasteiger partial charge in [-0.1, -0.05) is 6.07 Å². The number of rotatable bonds is 5. The van der Waals surface area contributed by atoms with Crippen LogP contribution < -0.4 is 10.1 Å². The minimum Gasteiger partial charge on any atom is -0.480 e. The molecule has 1 saturated carbocycles. The monoisotopic (exact) mass is 325 g/mol. The van der Waals surface area contributed by atoms with E-state index in [0.29, 0.717) is 25.7 Å². The van der Waals surface area contributed by atoms with Crippen molar-refractivity contribution in [1.82, 2.24) is 5.32 Å². The van der Waals surface area contributed by atoms with Crippen LogP contribution in [0.3, 0.4) is 0 Å². The summed E-state index contributed by atoms with van der Waals surface area (Å²) in [4.78, 5) is 23.5. The van der Waals surface area contributed by atoms with Gasteiger partial charge < -0.3 is 15.2 Å². The number of carboxylic acid groups (broad SMARTS) is 1. The molecule has 1 fully saturated rings. The van der Waals surface area contributed by atoms with Gasteiger partial charge in [0.15, 0.2) is 0 Å². The lowest BCUT2D eigenvalue weighted by molar-refractivity contribution is -0.149. The minimum atomic E-state index is -2.88. The molecule has 1 aromatic rings. The van der Waals surface area contributed by atoms with Crippen LogP contribution in [0, 0.1) is 5.41 Å². The van der Waals surface area contributed by atoms with Gasteiger partial charge in [0.25, 0.3) is 0 Å². The third kappa shape index (κ3) is 3.00. The van der Waals surface area contributed by atoms with Gasteiger partial charge >= 0.3 is 12.6 Å². The summed E-state index contributed by atoms with van der Waals surface area (Å²) in [5, 5.41) is 12.0. The van der Waals surface area contributed by atoms with Gasteiger partial charge in [0, 0.05) is 0 Å². The van der Waals surface area contributed by atoms with Gasteiger partial charge in [-0.2, -0.15) is 8.78 Å². The highest BCUT2D eigenvalue weighted by Crippen LogP contribution is 2.47. The number of carbonyl (C=O) groups excluding carboxylic acids is 1. The number of benzene rings is 1. The number of amides is 1. The van der Waals surface area contributed by atoms with E-state index in [9.17, 15) is 23.5 Å². The second-order valence-electron chi connectivity index (χ2n) is 6.04. The highest BCUT2D eigenvalue weighted by Gasteiger charge is 2.57. The summed E-state index contributed by atoms with van der Waals surface area (Å²) in [6.07, 6.45) is 2.91. The van der Waals surface area contributed by atoms with Gasteiger partial charge in [-0.3, -0.25) is 9.59 Å². The number of aliphatic carboxylic acids is 1. The molecular weight excluding hydrogens is 308 g/mol. The van der Waals surface area contributed by atoms with Gasteiger partial charge in [0.2, 0.25) is 5.91 Å². The van der Waals surface area contributed by atoms with Gasteiger partial charge in [-0.15, -0.1) is 0 Å². The molecule has 1 amide bonds. The van der Waals surface area contributed by atoms with Crippen molar-refractivity contribution in [3.63, 3.8) is 0 Å². The van der Waals surface area contributed by atoms with E-state index < -0.39 is 23.9 Å². The first kappa shape index (κ1) is 15.7. The summed E-state index contributed by atoms with van der Waals surface area (Å²) < 4.78 is 29.0. The summed E-state index contributed by atoms with van der Waals surface area (Å²) in [5.74, 6) is -1.46. The molecule has 0 aromatic heterocycles.